The first-order valence-corrected chi connectivity index (χ1v) is 6.91. The van der Waals surface area contributed by atoms with E-state index in [1.54, 1.807) is 11.3 Å². The Bertz CT molecular complexity index is 522. The number of ether oxygens (including phenoxy) is 1. The fourth-order valence-corrected chi connectivity index (χ4v) is 2.56. The van der Waals surface area contributed by atoms with Gasteiger partial charge in [0.25, 0.3) is 0 Å². The summed E-state index contributed by atoms with van der Waals surface area (Å²) in [6, 6.07) is 6.17. The Morgan fingerprint density at radius 1 is 1.33 bits per heavy atom. The first-order valence-electron chi connectivity index (χ1n) is 6.03. The SMILES string of the molecule is Cc1csc(COc2c(C)cccc2CCN)n1. The third kappa shape index (κ3) is 3.09. The summed E-state index contributed by atoms with van der Waals surface area (Å²) >= 11 is 1.63. The summed E-state index contributed by atoms with van der Waals surface area (Å²) in [5.41, 5.74) is 8.99. The van der Waals surface area contributed by atoms with Crippen molar-refractivity contribution in [2.75, 3.05) is 6.54 Å². The lowest BCUT2D eigenvalue weighted by Gasteiger charge is -2.12. The van der Waals surface area contributed by atoms with Crippen LogP contribution in [0.15, 0.2) is 23.6 Å². The summed E-state index contributed by atoms with van der Waals surface area (Å²) in [6.45, 7) is 5.22. The van der Waals surface area contributed by atoms with Crippen LogP contribution in [0, 0.1) is 13.8 Å². The molecule has 0 aliphatic heterocycles. The molecule has 4 heteroatoms. The van der Waals surface area contributed by atoms with Crippen LogP contribution in [0.3, 0.4) is 0 Å². The van der Waals surface area contributed by atoms with Crippen molar-refractivity contribution >= 4 is 11.3 Å². The predicted octanol–water partition coefficient (Wildman–Crippen LogP) is 2.84. The van der Waals surface area contributed by atoms with Crippen LogP contribution in [-0.2, 0) is 13.0 Å². The molecule has 0 spiro atoms. The number of aromatic nitrogens is 1. The van der Waals surface area contributed by atoms with Gasteiger partial charge in [-0.25, -0.2) is 4.98 Å². The molecule has 2 N–H and O–H groups in total. The predicted molar refractivity (Wildman–Crippen MR) is 75.1 cm³/mol. The standard InChI is InChI=1S/C14H18N2OS/c1-10-4-3-5-12(6-7-15)14(10)17-8-13-16-11(2)9-18-13/h3-5,9H,6-8,15H2,1-2H3. The molecule has 0 aliphatic carbocycles. The van der Waals surface area contributed by atoms with Crippen LogP contribution in [-0.4, -0.2) is 11.5 Å². The van der Waals surface area contributed by atoms with Crippen molar-refractivity contribution in [2.24, 2.45) is 5.73 Å². The summed E-state index contributed by atoms with van der Waals surface area (Å²) in [7, 11) is 0. The zero-order valence-electron chi connectivity index (χ0n) is 10.8. The molecular formula is C14H18N2OS. The second kappa shape index (κ2) is 5.98. The third-order valence-electron chi connectivity index (χ3n) is 2.71. The molecule has 0 aliphatic rings. The van der Waals surface area contributed by atoms with Gasteiger partial charge in [0.05, 0.1) is 0 Å². The van der Waals surface area contributed by atoms with E-state index in [-0.39, 0.29) is 0 Å². The number of rotatable bonds is 5. The fourth-order valence-electron chi connectivity index (χ4n) is 1.88. The Morgan fingerprint density at radius 2 is 2.17 bits per heavy atom. The molecule has 0 unspecified atom stereocenters. The van der Waals surface area contributed by atoms with E-state index < -0.39 is 0 Å². The lowest BCUT2D eigenvalue weighted by atomic mass is 10.1. The smallest absolute Gasteiger partial charge is 0.140 e. The highest BCUT2D eigenvalue weighted by Crippen LogP contribution is 2.25. The molecule has 96 valence electrons. The van der Waals surface area contributed by atoms with E-state index in [1.807, 2.05) is 18.4 Å². The first-order chi connectivity index (χ1) is 8.70. The largest absolute Gasteiger partial charge is 0.486 e. The van der Waals surface area contributed by atoms with E-state index in [2.05, 4.69) is 24.0 Å². The Labute approximate surface area is 112 Å². The van der Waals surface area contributed by atoms with Crippen molar-refractivity contribution in [3.8, 4) is 5.75 Å². The quantitative estimate of drug-likeness (QED) is 0.901. The van der Waals surface area contributed by atoms with E-state index in [1.165, 1.54) is 5.56 Å². The van der Waals surface area contributed by atoms with Gasteiger partial charge in [-0.1, -0.05) is 18.2 Å². The molecule has 0 fully saturated rings. The maximum Gasteiger partial charge on any atom is 0.140 e. The normalized spacial score (nSPS) is 10.6. The van der Waals surface area contributed by atoms with Crippen LogP contribution in [0.25, 0.3) is 0 Å². The minimum absolute atomic E-state index is 0.529. The lowest BCUT2D eigenvalue weighted by molar-refractivity contribution is 0.300. The fraction of sp³-hybridized carbons (Fsp3) is 0.357. The van der Waals surface area contributed by atoms with Crippen molar-refractivity contribution in [3.05, 3.63) is 45.4 Å². The van der Waals surface area contributed by atoms with Crippen LogP contribution in [0.2, 0.25) is 0 Å². The lowest BCUT2D eigenvalue weighted by Crippen LogP contribution is -2.06. The average Bonchev–Trinajstić information content (AvgIpc) is 2.75. The number of nitrogens with two attached hydrogens (primary N) is 1. The molecule has 0 atom stereocenters. The van der Waals surface area contributed by atoms with Crippen LogP contribution in [0.4, 0.5) is 0 Å². The molecule has 0 bridgehead atoms. The highest BCUT2D eigenvalue weighted by molar-refractivity contribution is 7.09. The molecule has 1 heterocycles. The van der Waals surface area contributed by atoms with Crippen LogP contribution < -0.4 is 10.5 Å². The molecule has 1 aromatic heterocycles. The van der Waals surface area contributed by atoms with Crippen LogP contribution in [0.1, 0.15) is 21.8 Å². The Morgan fingerprint density at radius 3 is 2.83 bits per heavy atom. The Kier molecular flexibility index (Phi) is 4.33. The molecule has 0 amide bonds. The second-order valence-electron chi connectivity index (χ2n) is 4.27. The summed E-state index contributed by atoms with van der Waals surface area (Å²) in [6.07, 6.45) is 0.841. The number of hydrogen-bond acceptors (Lipinski definition) is 4. The van der Waals surface area contributed by atoms with E-state index in [9.17, 15) is 0 Å². The Hall–Kier alpha value is -1.39. The van der Waals surface area contributed by atoms with E-state index in [0.717, 1.165) is 28.4 Å². The van der Waals surface area contributed by atoms with E-state index in [0.29, 0.717) is 13.2 Å². The molecule has 3 nitrogen and oxygen atoms in total. The van der Waals surface area contributed by atoms with E-state index in [4.69, 9.17) is 10.5 Å². The van der Waals surface area contributed by atoms with Crippen molar-refractivity contribution in [2.45, 2.75) is 26.9 Å². The Balaban J connectivity index is 2.12. The molecule has 0 saturated carbocycles. The van der Waals surface area contributed by atoms with Crippen molar-refractivity contribution < 1.29 is 4.74 Å². The van der Waals surface area contributed by atoms with Gasteiger partial charge < -0.3 is 10.5 Å². The van der Waals surface area contributed by atoms with Crippen molar-refractivity contribution in [1.29, 1.82) is 0 Å². The van der Waals surface area contributed by atoms with Gasteiger partial charge in [-0.3, -0.25) is 0 Å². The maximum atomic E-state index is 5.91. The topological polar surface area (TPSA) is 48.1 Å². The minimum atomic E-state index is 0.529. The minimum Gasteiger partial charge on any atom is -0.486 e. The van der Waals surface area contributed by atoms with Crippen molar-refractivity contribution in [3.63, 3.8) is 0 Å². The van der Waals surface area contributed by atoms with Gasteiger partial charge in [0.2, 0.25) is 0 Å². The van der Waals surface area contributed by atoms with Gasteiger partial charge in [0.1, 0.15) is 17.4 Å². The number of para-hydroxylation sites is 1. The third-order valence-corrected chi connectivity index (χ3v) is 3.65. The number of benzene rings is 1. The monoisotopic (exact) mass is 262 g/mol. The molecule has 2 rings (SSSR count). The van der Waals surface area contributed by atoms with Crippen LogP contribution in [0.5, 0.6) is 5.75 Å². The number of nitrogens with zero attached hydrogens (tertiary/aromatic N) is 1. The van der Waals surface area contributed by atoms with Gasteiger partial charge in [-0.05, 0) is 37.9 Å². The van der Waals surface area contributed by atoms with Gasteiger partial charge in [-0.2, -0.15) is 0 Å². The molecule has 0 saturated heterocycles. The zero-order valence-corrected chi connectivity index (χ0v) is 11.6. The summed E-state index contributed by atoms with van der Waals surface area (Å²) in [4.78, 5) is 4.40. The number of aryl methyl sites for hydroxylation is 2. The summed E-state index contributed by atoms with van der Waals surface area (Å²) in [5.74, 6) is 0.954. The molecule has 0 radical (unpaired) electrons. The average molecular weight is 262 g/mol. The summed E-state index contributed by atoms with van der Waals surface area (Å²) < 4.78 is 5.91. The maximum absolute atomic E-state index is 5.91. The first kappa shape index (κ1) is 13.1. The highest BCUT2D eigenvalue weighted by atomic mass is 32.1. The van der Waals surface area contributed by atoms with Gasteiger partial charge in [0, 0.05) is 11.1 Å². The van der Waals surface area contributed by atoms with Crippen molar-refractivity contribution in [1.82, 2.24) is 4.98 Å². The molecule has 2 aromatic rings. The molecule has 18 heavy (non-hydrogen) atoms. The summed E-state index contributed by atoms with van der Waals surface area (Å²) in [5, 5.41) is 3.05. The van der Waals surface area contributed by atoms with E-state index >= 15 is 0 Å². The van der Waals surface area contributed by atoms with Crippen LogP contribution >= 0.6 is 11.3 Å². The number of hydrogen-bond donors (Lipinski definition) is 1. The zero-order chi connectivity index (χ0) is 13.0. The molecular weight excluding hydrogens is 244 g/mol. The molecule has 1 aromatic carbocycles. The van der Waals surface area contributed by atoms with Gasteiger partial charge in [-0.15, -0.1) is 11.3 Å². The van der Waals surface area contributed by atoms with Gasteiger partial charge >= 0.3 is 0 Å². The highest BCUT2D eigenvalue weighted by Gasteiger charge is 2.07. The second-order valence-corrected chi connectivity index (χ2v) is 5.22. The number of thiazole rings is 1. The van der Waals surface area contributed by atoms with Gasteiger partial charge in [0.15, 0.2) is 0 Å².